The number of carbonyl (C=O) groups is 1. The Morgan fingerprint density at radius 2 is 2.25 bits per heavy atom. The zero-order valence-electron chi connectivity index (χ0n) is 11.5. The summed E-state index contributed by atoms with van der Waals surface area (Å²) in [6, 6.07) is 0.654. The van der Waals surface area contributed by atoms with Gasteiger partial charge in [-0.05, 0) is 44.5 Å². The van der Waals surface area contributed by atoms with E-state index in [4.69, 9.17) is 0 Å². The highest BCUT2D eigenvalue weighted by Crippen LogP contribution is 2.18. The number of carbonyl (C=O) groups excluding carboxylic acids is 1. The van der Waals surface area contributed by atoms with Gasteiger partial charge in [0.2, 0.25) is 0 Å². The van der Waals surface area contributed by atoms with Gasteiger partial charge in [0.1, 0.15) is 0 Å². The topological polar surface area (TPSA) is 71.8 Å². The minimum Gasteiger partial charge on any atom is -0.347 e. The summed E-state index contributed by atoms with van der Waals surface area (Å²) >= 11 is 1.91. The Morgan fingerprint density at radius 1 is 1.40 bits per heavy atom. The van der Waals surface area contributed by atoms with Crippen molar-refractivity contribution in [1.82, 2.24) is 25.6 Å². The number of amides is 1. The lowest BCUT2D eigenvalue weighted by Gasteiger charge is -2.22. The molecule has 0 saturated carbocycles. The van der Waals surface area contributed by atoms with E-state index < -0.39 is 0 Å². The number of piperidine rings is 1. The zero-order valence-corrected chi connectivity index (χ0v) is 12.4. The van der Waals surface area contributed by atoms with Crippen LogP contribution in [0.25, 0.3) is 0 Å². The van der Waals surface area contributed by atoms with E-state index in [0.29, 0.717) is 11.7 Å². The summed E-state index contributed by atoms with van der Waals surface area (Å²) in [4.78, 5) is 12.2. The molecule has 1 aromatic rings. The van der Waals surface area contributed by atoms with Crippen LogP contribution < -0.4 is 10.6 Å². The molecule has 6 nitrogen and oxygen atoms in total. The number of nitrogens with one attached hydrogen (secondary N) is 2. The van der Waals surface area contributed by atoms with Crippen LogP contribution in [0.2, 0.25) is 0 Å². The van der Waals surface area contributed by atoms with Crippen LogP contribution in [0.5, 0.6) is 0 Å². The van der Waals surface area contributed by atoms with E-state index in [2.05, 4.69) is 20.9 Å². The summed E-state index contributed by atoms with van der Waals surface area (Å²) in [5, 5.41) is 14.5. The standard InChI is InChI=1S/C13H21N5OS/c19-13(15-10-2-1-7-20-9-10)12-8-18(17-16-12)11-3-5-14-6-4-11/h8,10-11,14H,1-7,9H2,(H,15,19). The molecule has 1 atom stereocenters. The molecule has 3 heterocycles. The van der Waals surface area contributed by atoms with Crippen molar-refractivity contribution < 1.29 is 4.79 Å². The Morgan fingerprint density at radius 3 is 3.00 bits per heavy atom. The first-order valence-electron chi connectivity index (χ1n) is 7.34. The second-order valence-corrected chi connectivity index (χ2v) is 6.60. The molecule has 1 aromatic heterocycles. The third-order valence-electron chi connectivity index (χ3n) is 3.92. The van der Waals surface area contributed by atoms with Gasteiger partial charge in [0.25, 0.3) is 5.91 Å². The van der Waals surface area contributed by atoms with Gasteiger partial charge in [-0.3, -0.25) is 4.79 Å². The van der Waals surface area contributed by atoms with Gasteiger partial charge in [0.15, 0.2) is 5.69 Å². The van der Waals surface area contributed by atoms with Crippen molar-refractivity contribution in [1.29, 1.82) is 0 Å². The van der Waals surface area contributed by atoms with Crippen LogP contribution in [0.1, 0.15) is 42.2 Å². The normalized spacial score (nSPS) is 24.5. The van der Waals surface area contributed by atoms with Gasteiger partial charge < -0.3 is 10.6 Å². The van der Waals surface area contributed by atoms with Gasteiger partial charge in [0.05, 0.1) is 12.2 Å². The van der Waals surface area contributed by atoms with E-state index in [1.54, 1.807) is 6.20 Å². The largest absolute Gasteiger partial charge is 0.347 e. The maximum atomic E-state index is 12.2. The number of rotatable bonds is 3. The minimum atomic E-state index is -0.0855. The smallest absolute Gasteiger partial charge is 0.273 e. The molecule has 0 radical (unpaired) electrons. The number of hydrogen-bond acceptors (Lipinski definition) is 5. The second-order valence-electron chi connectivity index (χ2n) is 5.45. The van der Waals surface area contributed by atoms with E-state index >= 15 is 0 Å². The first-order chi connectivity index (χ1) is 9.83. The van der Waals surface area contributed by atoms with Gasteiger partial charge in [-0.2, -0.15) is 11.8 Å². The van der Waals surface area contributed by atoms with Crippen molar-refractivity contribution in [3.8, 4) is 0 Å². The van der Waals surface area contributed by atoms with Gasteiger partial charge in [-0.15, -0.1) is 5.10 Å². The van der Waals surface area contributed by atoms with Crippen LogP contribution in [-0.4, -0.2) is 51.5 Å². The average Bonchev–Trinajstić information content (AvgIpc) is 2.99. The highest BCUT2D eigenvalue weighted by Gasteiger charge is 2.21. The molecule has 0 aliphatic carbocycles. The lowest BCUT2D eigenvalue weighted by molar-refractivity contribution is 0.0933. The van der Waals surface area contributed by atoms with Crippen LogP contribution in [0.3, 0.4) is 0 Å². The maximum absolute atomic E-state index is 12.2. The van der Waals surface area contributed by atoms with E-state index in [0.717, 1.165) is 38.1 Å². The molecule has 1 amide bonds. The van der Waals surface area contributed by atoms with Crippen molar-refractivity contribution in [2.75, 3.05) is 24.6 Å². The fourth-order valence-electron chi connectivity index (χ4n) is 2.74. The summed E-state index contributed by atoms with van der Waals surface area (Å²) in [6.45, 7) is 2.01. The van der Waals surface area contributed by atoms with Crippen LogP contribution >= 0.6 is 11.8 Å². The Kier molecular flexibility index (Phi) is 4.57. The molecule has 2 saturated heterocycles. The first-order valence-corrected chi connectivity index (χ1v) is 8.49. The number of hydrogen-bond donors (Lipinski definition) is 2. The fraction of sp³-hybridized carbons (Fsp3) is 0.769. The Balaban J connectivity index is 1.58. The van der Waals surface area contributed by atoms with Crippen molar-refractivity contribution in [3.63, 3.8) is 0 Å². The molecule has 110 valence electrons. The SMILES string of the molecule is O=C(NC1CCCSC1)c1cn(C2CCNCC2)nn1. The number of thioether (sulfide) groups is 1. The van der Waals surface area contributed by atoms with Gasteiger partial charge in [0, 0.05) is 11.8 Å². The molecule has 2 aliphatic heterocycles. The second kappa shape index (κ2) is 6.58. The van der Waals surface area contributed by atoms with E-state index in [1.807, 2.05) is 16.4 Å². The Hall–Kier alpha value is -1.08. The Bertz CT molecular complexity index is 451. The molecule has 0 spiro atoms. The third-order valence-corrected chi connectivity index (χ3v) is 5.14. The average molecular weight is 295 g/mol. The molecule has 3 rings (SSSR count). The zero-order chi connectivity index (χ0) is 13.8. The minimum absolute atomic E-state index is 0.0855. The Labute approximate surface area is 123 Å². The summed E-state index contributed by atoms with van der Waals surface area (Å²) in [5.41, 5.74) is 0.444. The lowest BCUT2D eigenvalue weighted by Crippen LogP contribution is -2.38. The number of nitrogens with zero attached hydrogens (tertiary/aromatic N) is 3. The predicted molar refractivity (Wildman–Crippen MR) is 79.0 cm³/mol. The summed E-state index contributed by atoms with van der Waals surface area (Å²) in [5.74, 6) is 2.13. The van der Waals surface area contributed by atoms with Gasteiger partial charge >= 0.3 is 0 Å². The van der Waals surface area contributed by atoms with Crippen molar-refractivity contribution in [3.05, 3.63) is 11.9 Å². The molecule has 20 heavy (non-hydrogen) atoms. The van der Waals surface area contributed by atoms with Crippen LogP contribution in [0.15, 0.2) is 6.20 Å². The predicted octanol–water partition coefficient (Wildman–Crippen LogP) is 0.828. The number of aromatic nitrogens is 3. The molecular formula is C13H21N5OS. The molecule has 0 bridgehead atoms. The van der Waals surface area contributed by atoms with Crippen LogP contribution in [0, 0.1) is 0 Å². The van der Waals surface area contributed by atoms with E-state index in [-0.39, 0.29) is 11.9 Å². The molecule has 2 aliphatic rings. The summed E-state index contributed by atoms with van der Waals surface area (Å²) in [6.07, 6.45) is 6.13. The van der Waals surface area contributed by atoms with Crippen molar-refractivity contribution in [2.45, 2.75) is 37.8 Å². The highest BCUT2D eigenvalue weighted by atomic mass is 32.2. The van der Waals surface area contributed by atoms with Crippen molar-refractivity contribution >= 4 is 17.7 Å². The maximum Gasteiger partial charge on any atom is 0.273 e. The quantitative estimate of drug-likeness (QED) is 0.864. The highest BCUT2D eigenvalue weighted by molar-refractivity contribution is 7.99. The molecular weight excluding hydrogens is 274 g/mol. The molecule has 7 heteroatoms. The van der Waals surface area contributed by atoms with Gasteiger partial charge in [-0.1, -0.05) is 5.21 Å². The summed E-state index contributed by atoms with van der Waals surface area (Å²) < 4.78 is 1.85. The molecule has 2 N–H and O–H groups in total. The van der Waals surface area contributed by atoms with Crippen molar-refractivity contribution in [2.24, 2.45) is 0 Å². The fourth-order valence-corrected chi connectivity index (χ4v) is 3.82. The third kappa shape index (κ3) is 3.32. The van der Waals surface area contributed by atoms with Crippen LogP contribution in [0.4, 0.5) is 0 Å². The van der Waals surface area contributed by atoms with Gasteiger partial charge in [-0.25, -0.2) is 4.68 Å². The monoisotopic (exact) mass is 295 g/mol. The molecule has 2 fully saturated rings. The van der Waals surface area contributed by atoms with E-state index in [9.17, 15) is 4.79 Å². The van der Waals surface area contributed by atoms with E-state index in [1.165, 1.54) is 12.2 Å². The summed E-state index contributed by atoms with van der Waals surface area (Å²) in [7, 11) is 0. The van der Waals surface area contributed by atoms with Crippen LogP contribution in [-0.2, 0) is 0 Å². The lowest BCUT2D eigenvalue weighted by atomic mass is 10.1. The molecule has 0 aromatic carbocycles. The molecule has 1 unspecified atom stereocenters. The first kappa shape index (κ1) is 13.9.